The van der Waals surface area contributed by atoms with Crippen LogP contribution in [0, 0.1) is 24.7 Å². The Hall–Kier alpha value is -2.50. The molecule has 4 fully saturated rings. The molecule has 0 unspecified atom stereocenters. The van der Waals surface area contributed by atoms with Crippen LogP contribution in [0.3, 0.4) is 0 Å². The van der Waals surface area contributed by atoms with E-state index >= 15 is 0 Å². The fraction of sp³-hybridized carbons (Fsp3) is 0.407. The molecule has 4 aromatic rings. The molecule has 0 radical (unpaired) electrons. The lowest BCUT2D eigenvalue weighted by Gasteiger charge is -2.56. The highest BCUT2D eigenvalue weighted by molar-refractivity contribution is 6.35. The second kappa shape index (κ2) is 7.25. The third-order valence-electron chi connectivity index (χ3n) is 8.22. The van der Waals surface area contributed by atoms with Gasteiger partial charge in [0.15, 0.2) is 11.3 Å². The Kier molecular flexibility index (Phi) is 4.44. The van der Waals surface area contributed by atoms with Crippen molar-refractivity contribution in [3.8, 4) is 5.69 Å². The second-order valence-corrected chi connectivity index (χ2v) is 11.6. The number of amides is 1. The SMILES string of the molecule is Cc1ccc2c(c1)oc1c(C(=O)NC34CC5CC(CC(C5)C3)C4)nn(-c3ccc(Cl)cc3Cl)c12. The zero-order chi connectivity index (χ0) is 23.2. The highest BCUT2D eigenvalue weighted by atomic mass is 35.5. The molecule has 2 heterocycles. The summed E-state index contributed by atoms with van der Waals surface area (Å²) < 4.78 is 7.98. The van der Waals surface area contributed by atoms with Gasteiger partial charge in [-0.1, -0.05) is 29.3 Å². The number of hydrogen-bond donors (Lipinski definition) is 1. The Morgan fingerprint density at radius 3 is 2.44 bits per heavy atom. The van der Waals surface area contributed by atoms with E-state index in [1.165, 1.54) is 19.3 Å². The summed E-state index contributed by atoms with van der Waals surface area (Å²) in [6.45, 7) is 2.02. The maximum Gasteiger partial charge on any atom is 0.276 e. The molecular formula is C27H25Cl2N3O2. The predicted molar refractivity (Wildman–Crippen MR) is 134 cm³/mol. The van der Waals surface area contributed by atoms with E-state index in [9.17, 15) is 4.79 Å². The van der Waals surface area contributed by atoms with E-state index in [0.29, 0.717) is 27.0 Å². The minimum atomic E-state index is -0.161. The van der Waals surface area contributed by atoms with Gasteiger partial charge in [-0.25, -0.2) is 4.68 Å². The number of aromatic nitrogens is 2. The second-order valence-electron chi connectivity index (χ2n) is 10.8. The van der Waals surface area contributed by atoms with Crippen LogP contribution in [-0.4, -0.2) is 21.2 Å². The monoisotopic (exact) mass is 493 g/mol. The Balaban J connectivity index is 1.37. The number of nitrogens with zero attached hydrogens (tertiary/aromatic N) is 2. The molecule has 4 aliphatic rings. The van der Waals surface area contributed by atoms with Crippen molar-refractivity contribution >= 4 is 51.2 Å². The summed E-state index contributed by atoms with van der Waals surface area (Å²) in [5.74, 6) is 2.06. The molecule has 8 rings (SSSR count). The van der Waals surface area contributed by atoms with Crippen LogP contribution in [0.25, 0.3) is 27.8 Å². The van der Waals surface area contributed by atoms with Crippen molar-refractivity contribution in [2.24, 2.45) is 17.8 Å². The van der Waals surface area contributed by atoms with Crippen molar-refractivity contribution in [1.82, 2.24) is 15.1 Å². The number of rotatable bonds is 3. The number of carbonyl (C=O) groups excluding carboxylic acids is 1. The molecule has 0 aliphatic heterocycles. The molecule has 174 valence electrons. The molecule has 4 saturated carbocycles. The molecule has 0 atom stereocenters. The fourth-order valence-electron chi connectivity index (χ4n) is 7.30. The van der Waals surface area contributed by atoms with E-state index in [1.807, 2.05) is 31.2 Å². The van der Waals surface area contributed by atoms with Crippen LogP contribution < -0.4 is 5.32 Å². The van der Waals surface area contributed by atoms with E-state index in [-0.39, 0.29) is 11.4 Å². The average molecular weight is 494 g/mol. The lowest BCUT2D eigenvalue weighted by Crippen LogP contribution is -2.59. The van der Waals surface area contributed by atoms with Gasteiger partial charge in [0.05, 0.1) is 10.7 Å². The van der Waals surface area contributed by atoms with E-state index in [4.69, 9.17) is 32.7 Å². The highest BCUT2D eigenvalue weighted by Crippen LogP contribution is 2.55. The normalized spacial score (nSPS) is 27.7. The van der Waals surface area contributed by atoms with Gasteiger partial charge in [0, 0.05) is 15.9 Å². The van der Waals surface area contributed by atoms with Gasteiger partial charge >= 0.3 is 0 Å². The largest absolute Gasteiger partial charge is 0.452 e. The van der Waals surface area contributed by atoms with Crippen molar-refractivity contribution in [2.75, 3.05) is 0 Å². The number of halogens is 2. The Bertz CT molecular complexity index is 1450. The highest BCUT2D eigenvalue weighted by Gasteiger charge is 2.51. The van der Waals surface area contributed by atoms with E-state index in [2.05, 4.69) is 5.32 Å². The van der Waals surface area contributed by atoms with Crippen LogP contribution in [0.4, 0.5) is 0 Å². The van der Waals surface area contributed by atoms with Gasteiger partial charge in [0.2, 0.25) is 0 Å². The van der Waals surface area contributed by atoms with Gasteiger partial charge in [-0.15, -0.1) is 0 Å². The van der Waals surface area contributed by atoms with Crippen molar-refractivity contribution in [3.05, 3.63) is 57.7 Å². The number of furan rings is 1. The topological polar surface area (TPSA) is 60.1 Å². The van der Waals surface area contributed by atoms with Crippen molar-refractivity contribution in [2.45, 2.75) is 51.0 Å². The number of carbonyl (C=O) groups is 1. The molecule has 7 heteroatoms. The summed E-state index contributed by atoms with van der Waals surface area (Å²) in [5, 5.41) is 10.1. The van der Waals surface area contributed by atoms with Gasteiger partial charge in [0.1, 0.15) is 11.1 Å². The first kappa shape index (κ1) is 20.8. The van der Waals surface area contributed by atoms with Crippen LogP contribution in [0.1, 0.15) is 54.6 Å². The Morgan fingerprint density at radius 1 is 1.06 bits per heavy atom. The molecule has 4 bridgehead atoms. The van der Waals surface area contributed by atoms with E-state index < -0.39 is 0 Å². The molecule has 0 spiro atoms. The van der Waals surface area contributed by atoms with Crippen LogP contribution in [0.5, 0.6) is 0 Å². The van der Waals surface area contributed by atoms with E-state index in [1.54, 1.807) is 16.8 Å². The summed E-state index contributed by atoms with van der Waals surface area (Å²) in [7, 11) is 0. The lowest BCUT2D eigenvalue weighted by atomic mass is 9.53. The number of aryl methyl sites for hydroxylation is 1. The molecular weight excluding hydrogens is 469 g/mol. The van der Waals surface area contributed by atoms with E-state index in [0.717, 1.165) is 59.1 Å². The Labute approximate surface area is 207 Å². The zero-order valence-corrected chi connectivity index (χ0v) is 20.4. The molecule has 5 nitrogen and oxygen atoms in total. The maximum atomic E-state index is 13.8. The van der Waals surface area contributed by atoms with Gasteiger partial charge < -0.3 is 9.73 Å². The van der Waals surface area contributed by atoms with Crippen LogP contribution in [0.15, 0.2) is 40.8 Å². The Morgan fingerprint density at radius 2 is 1.76 bits per heavy atom. The number of fused-ring (bicyclic) bond motifs is 3. The molecule has 2 aromatic carbocycles. The van der Waals surface area contributed by atoms with Gasteiger partial charge in [-0.2, -0.15) is 5.10 Å². The smallest absolute Gasteiger partial charge is 0.276 e. The zero-order valence-electron chi connectivity index (χ0n) is 18.9. The van der Waals surface area contributed by atoms with Crippen molar-refractivity contribution in [1.29, 1.82) is 0 Å². The summed E-state index contributed by atoms with van der Waals surface area (Å²) in [6.07, 6.45) is 7.22. The first-order chi connectivity index (χ1) is 16.4. The van der Waals surface area contributed by atoms with Crippen molar-refractivity contribution < 1.29 is 9.21 Å². The minimum Gasteiger partial charge on any atom is -0.452 e. The fourth-order valence-corrected chi connectivity index (χ4v) is 7.78. The third-order valence-corrected chi connectivity index (χ3v) is 8.75. The first-order valence-corrected chi connectivity index (χ1v) is 12.8. The third kappa shape index (κ3) is 3.13. The number of nitrogens with one attached hydrogen (secondary N) is 1. The molecule has 1 amide bonds. The van der Waals surface area contributed by atoms with Crippen LogP contribution >= 0.6 is 23.2 Å². The summed E-state index contributed by atoms with van der Waals surface area (Å²) in [4.78, 5) is 13.8. The first-order valence-electron chi connectivity index (χ1n) is 12.1. The van der Waals surface area contributed by atoms with Gasteiger partial charge in [-0.3, -0.25) is 4.79 Å². The van der Waals surface area contributed by atoms with Crippen LogP contribution in [-0.2, 0) is 0 Å². The average Bonchev–Trinajstić information content (AvgIpc) is 3.29. The molecule has 34 heavy (non-hydrogen) atoms. The summed E-state index contributed by atoms with van der Waals surface area (Å²) in [5.41, 5.74) is 3.92. The quantitative estimate of drug-likeness (QED) is 0.331. The number of hydrogen-bond acceptors (Lipinski definition) is 3. The summed E-state index contributed by atoms with van der Waals surface area (Å²) >= 11 is 12.7. The molecule has 2 aromatic heterocycles. The van der Waals surface area contributed by atoms with Crippen molar-refractivity contribution in [3.63, 3.8) is 0 Å². The minimum absolute atomic E-state index is 0.109. The number of benzene rings is 2. The predicted octanol–water partition coefficient (Wildman–Crippen LogP) is 7.09. The van der Waals surface area contributed by atoms with Crippen LogP contribution in [0.2, 0.25) is 10.0 Å². The molecule has 1 N–H and O–H groups in total. The molecule has 4 aliphatic carbocycles. The molecule has 0 saturated heterocycles. The van der Waals surface area contributed by atoms with Gasteiger partial charge in [-0.05, 0) is 99.1 Å². The van der Waals surface area contributed by atoms with Gasteiger partial charge in [0.25, 0.3) is 5.91 Å². The lowest BCUT2D eigenvalue weighted by molar-refractivity contribution is -0.0167. The summed E-state index contributed by atoms with van der Waals surface area (Å²) in [6, 6.07) is 11.3. The standard InChI is InChI=1S/C27H25Cl2N3O2/c1-14-2-4-19-22(6-14)34-25-23(31-32(24(19)25)21-5-3-18(28)10-20(21)29)26(33)30-27-11-15-7-16(12-27)9-17(8-15)13-27/h2-6,10,15-17H,7-9,11-13H2,1H3,(H,30,33). The maximum absolute atomic E-state index is 13.8.